The smallest absolute Gasteiger partial charge is 0.390 e. The minimum Gasteiger partial charge on any atom is -0.497 e. The maximum absolute atomic E-state index is 12.4. The minimum atomic E-state index is -4.17. The Morgan fingerprint density at radius 3 is 2.56 bits per heavy atom. The molecule has 0 amide bonds. The van der Waals surface area contributed by atoms with Crippen LogP contribution in [0, 0.1) is 0 Å². The predicted molar refractivity (Wildman–Crippen MR) is 67.9 cm³/mol. The van der Waals surface area contributed by atoms with Gasteiger partial charge in [0.1, 0.15) is 5.75 Å². The van der Waals surface area contributed by atoms with Gasteiger partial charge in [0, 0.05) is 10.5 Å². The number of hydrogen-bond donors (Lipinski definition) is 1. The van der Waals surface area contributed by atoms with Crippen LogP contribution in [0.5, 0.6) is 5.75 Å². The molecule has 0 aliphatic carbocycles. The van der Waals surface area contributed by atoms with E-state index in [-0.39, 0.29) is 6.42 Å². The van der Waals surface area contributed by atoms with E-state index in [1.165, 1.54) is 14.2 Å². The largest absolute Gasteiger partial charge is 0.497 e. The van der Waals surface area contributed by atoms with Gasteiger partial charge in [0.15, 0.2) is 0 Å². The Balaban J connectivity index is 2.81. The Morgan fingerprint density at radius 2 is 2.06 bits per heavy atom. The highest BCUT2D eigenvalue weighted by atomic mass is 79.9. The number of benzene rings is 1. The zero-order valence-electron chi connectivity index (χ0n) is 10.1. The van der Waals surface area contributed by atoms with Crippen LogP contribution < -0.4 is 10.1 Å². The lowest BCUT2D eigenvalue weighted by molar-refractivity contribution is -0.139. The van der Waals surface area contributed by atoms with Gasteiger partial charge in [-0.3, -0.25) is 0 Å². The average Bonchev–Trinajstić information content (AvgIpc) is 2.29. The summed E-state index contributed by atoms with van der Waals surface area (Å²) in [5.74, 6) is 0.634. The number of alkyl halides is 3. The van der Waals surface area contributed by atoms with Crippen LogP contribution in [-0.4, -0.2) is 26.4 Å². The molecule has 18 heavy (non-hydrogen) atoms. The molecule has 6 heteroatoms. The number of ether oxygens (including phenoxy) is 1. The van der Waals surface area contributed by atoms with E-state index in [1.807, 2.05) is 0 Å². The normalized spacial score (nSPS) is 13.4. The summed E-state index contributed by atoms with van der Waals surface area (Å²) in [6.07, 6.45) is -4.74. The van der Waals surface area contributed by atoms with Crippen molar-refractivity contribution in [2.45, 2.75) is 25.1 Å². The van der Waals surface area contributed by atoms with Crippen LogP contribution in [0.15, 0.2) is 22.7 Å². The van der Waals surface area contributed by atoms with Gasteiger partial charge in [0.05, 0.1) is 13.5 Å². The first kappa shape index (κ1) is 15.3. The van der Waals surface area contributed by atoms with E-state index >= 15 is 0 Å². The number of halogens is 4. The molecule has 1 N–H and O–H groups in total. The Kier molecular flexibility index (Phi) is 5.47. The van der Waals surface area contributed by atoms with Crippen molar-refractivity contribution in [3.05, 3.63) is 28.2 Å². The van der Waals surface area contributed by atoms with Gasteiger partial charge in [-0.15, -0.1) is 0 Å². The standard InChI is InChI=1S/C12H15BrF3NO/c1-17-9(7-12(14,15)16)5-8-6-10(18-2)3-4-11(8)13/h3-4,6,9,17H,5,7H2,1-2H3. The van der Waals surface area contributed by atoms with Crippen molar-refractivity contribution in [3.63, 3.8) is 0 Å². The SMILES string of the molecule is CNC(Cc1cc(OC)ccc1Br)CC(F)(F)F. The van der Waals surface area contributed by atoms with Crippen LogP contribution in [0.1, 0.15) is 12.0 Å². The van der Waals surface area contributed by atoms with Crippen molar-refractivity contribution in [3.8, 4) is 5.75 Å². The number of rotatable bonds is 5. The number of likely N-dealkylation sites (N-methyl/N-ethyl adjacent to an activating group) is 1. The molecule has 0 aliphatic rings. The van der Waals surface area contributed by atoms with Crippen molar-refractivity contribution in [1.82, 2.24) is 5.32 Å². The molecule has 0 aromatic heterocycles. The fourth-order valence-electron chi connectivity index (χ4n) is 1.66. The third-order valence-corrected chi connectivity index (χ3v) is 3.38. The predicted octanol–water partition coefficient (Wildman–Crippen LogP) is 3.54. The van der Waals surface area contributed by atoms with Crippen LogP contribution in [0.25, 0.3) is 0 Å². The van der Waals surface area contributed by atoms with Gasteiger partial charge in [-0.1, -0.05) is 15.9 Å². The van der Waals surface area contributed by atoms with E-state index in [0.29, 0.717) is 5.75 Å². The quantitative estimate of drug-likeness (QED) is 0.894. The van der Waals surface area contributed by atoms with E-state index in [0.717, 1.165) is 10.0 Å². The maximum Gasteiger partial charge on any atom is 0.390 e. The van der Waals surface area contributed by atoms with Gasteiger partial charge in [0.2, 0.25) is 0 Å². The van der Waals surface area contributed by atoms with Crippen molar-refractivity contribution < 1.29 is 17.9 Å². The molecule has 0 fully saturated rings. The van der Waals surface area contributed by atoms with Gasteiger partial charge in [-0.05, 0) is 37.2 Å². The molecule has 1 unspecified atom stereocenters. The summed E-state index contributed by atoms with van der Waals surface area (Å²) >= 11 is 3.33. The number of nitrogens with one attached hydrogen (secondary N) is 1. The van der Waals surface area contributed by atoms with Crippen LogP contribution in [0.3, 0.4) is 0 Å². The van der Waals surface area contributed by atoms with Gasteiger partial charge in [-0.25, -0.2) is 0 Å². The third-order valence-electron chi connectivity index (χ3n) is 2.61. The molecule has 0 heterocycles. The molecular weight excluding hydrogens is 311 g/mol. The second-order valence-corrected chi connectivity index (χ2v) is 4.82. The summed E-state index contributed by atoms with van der Waals surface area (Å²) in [7, 11) is 3.06. The van der Waals surface area contributed by atoms with Gasteiger partial charge in [-0.2, -0.15) is 13.2 Å². The summed E-state index contributed by atoms with van der Waals surface area (Å²) in [6, 6.07) is 4.62. The van der Waals surface area contributed by atoms with Crippen molar-refractivity contribution in [1.29, 1.82) is 0 Å². The van der Waals surface area contributed by atoms with E-state index < -0.39 is 18.6 Å². The summed E-state index contributed by atoms with van der Waals surface area (Å²) in [5, 5.41) is 2.69. The molecule has 0 radical (unpaired) electrons. The molecule has 1 aromatic rings. The molecule has 1 rings (SSSR count). The second kappa shape index (κ2) is 6.43. The zero-order chi connectivity index (χ0) is 13.8. The molecule has 1 aromatic carbocycles. The molecule has 0 aliphatic heterocycles. The van der Waals surface area contributed by atoms with Crippen LogP contribution in [0.4, 0.5) is 13.2 Å². The van der Waals surface area contributed by atoms with Crippen LogP contribution in [0.2, 0.25) is 0 Å². The Morgan fingerprint density at radius 1 is 1.39 bits per heavy atom. The van der Waals surface area contributed by atoms with Gasteiger partial charge >= 0.3 is 6.18 Å². The lowest BCUT2D eigenvalue weighted by Crippen LogP contribution is -2.33. The molecule has 0 saturated carbocycles. The summed E-state index contributed by atoms with van der Waals surface area (Å²) < 4.78 is 42.9. The molecule has 1 atom stereocenters. The monoisotopic (exact) mass is 325 g/mol. The number of hydrogen-bond acceptors (Lipinski definition) is 2. The van der Waals surface area contributed by atoms with E-state index in [4.69, 9.17) is 4.74 Å². The lowest BCUT2D eigenvalue weighted by atomic mass is 10.0. The Bertz CT molecular complexity index is 395. The fourth-order valence-corrected chi connectivity index (χ4v) is 2.06. The third kappa shape index (κ3) is 4.86. The van der Waals surface area contributed by atoms with Gasteiger partial charge in [0.25, 0.3) is 0 Å². The van der Waals surface area contributed by atoms with E-state index in [1.54, 1.807) is 18.2 Å². The topological polar surface area (TPSA) is 21.3 Å². The molecule has 102 valence electrons. The van der Waals surface area contributed by atoms with Crippen molar-refractivity contribution in [2.75, 3.05) is 14.2 Å². The van der Waals surface area contributed by atoms with Crippen LogP contribution >= 0.6 is 15.9 Å². The molecule has 2 nitrogen and oxygen atoms in total. The fraction of sp³-hybridized carbons (Fsp3) is 0.500. The van der Waals surface area contributed by atoms with Gasteiger partial charge < -0.3 is 10.1 Å². The van der Waals surface area contributed by atoms with Crippen LogP contribution in [-0.2, 0) is 6.42 Å². The van der Waals surface area contributed by atoms with Crippen molar-refractivity contribution in [2.24, 2.45) is 0 Å². The number of methoxy groups -OCH3 is 1. The van der Waals surface area contributed by atoms with Crippen molar-refractivity contribution >= 4 is 15.9 Å². The molecule has 0 spiro atoms. The lowest BCUT2D eigenvalue weighted by Gasteiger charge is -2.19. The Hall–Kier alpha value is -0.750. The highest BCUT2D eigenvalue weighted by Gasteiger charge is 2.31. The first-order chi connectivity index (χ1) is 8.35. The summed E-state index contributed by atoms with van der Waals surface area (Å²) in [6.45, 7) is 0. The highest BCUT2D eigenvalue weighted by Crippen LogP contribution is 2.27. The maximum atomic E-state index is 12.4. The van der Waals surface area contributed by atoms with E-state index in [2.05, 4.69) is 21.2 Å². The molecule has 0 saturated heterocycles. The average molecular weight is 326 g/mol. The van der Waals surface area contributed by atoms with E-state index in [9.17, 15) is 13.2 Å². The zero-order valence-corrected chi connectivity index (χ0v) is 11.7. The summed E-state index contributed by atoms with van der Waals surface area (Å²) in [5.41, 5.74) is 0.790. The molecular formula is C12H15BrF3NO. The highest BCUT2D eigenvalue weighted by molar-refractivity contribution is 9.10. The summed E-state index contributed by atoms with van der Waals surface area (Å²) in [4.78, 5) is 0. The Labute approximate surface area is 113 Å². The molecule has 0 bridgehead atoms. The second-order valence-electron chi connectivity index (χ2n) is 3.97. The first-order valence-corrected chi connectivity index (χ1v) is 6.21. The first-order valence-electron chi connectivity index (χ1n) is 5.42. The minimum absolute atomic E-state index is 0.286.